The molecule has 5 heteroatoms. The lowest BCUT2D eigenvalue weighted by Gasteiger charge is -2.11. The topological polar surface area (TPSA) is 50.4 Å². The Hall–Kier alpha value is -1.07. The first-order valence-corrected chi connectivity index (χ1v) is 6.91. The van der Waals surface area contributed by atoms with E-state index in [2.05, 4.69) is 33.5 Å². The molecule has 1 aliphatic heterocycles. The third-order valence-corrected chi connectivity index (χ3v) is 3.60. The summed E-state index contributed by atoms with van der Waals surface area (Å²) < 4.78 is 6.57. The first-order chi connectivity index (χ1) is 8.67. The number of nitrogens with one attached hydrogen (secondary N) is 2. The Kier molecular flexibility index (Phi) is 4.24. The zero-order chi connectivity index (χ0) is 13.1. The summed E-state index contributed by atoms with van der Waals surface area (Å²) in [6.07, 6.45) is 2.12. The largest absolute Gasteiger partial charge is 0.492 e. The molecule has 18 heavy (non-hydrogen) atoms. The number of rotatable bonds is 5. The van der Waals surface area contributed by atoms with Crippen LogP contribution in [0.3, 0.4) is 0 Å². The Morgan fingerprint density at radius 1 is 1.50 bits per heavy atom. The number of halogens is 1. The number of anilines is 1. The molecule has 0 fully saturated rings. The van der Waals surface area contributed by atoms with Gasteiger partial charge in [0.1, 0.15) is 11.8 Å². The summed E-state index contributed by atoms with van der Waals surface area (Å²) in [6.45, 7) is 2.82. The SMILES string of the molecule is CCCCOc1cc2c(cc1Br)C(NC)C(=O)N2. The molecule has 2 N–H and O–H groups in total. The van der Waals surface area contributed by atoms with Crippen molar-refractivity contribution in [2.24, 2.45) is 0 Å². The Balaban J connectivity index is 2.22. The van der Waals surface area contributed by atoms with Crippen LogP contribution in [0.5, 0.6) is 5.75 Å². The van der Waals surface area contributed by atoms with E-state index in [0.29, 0.717) is 6.61 Å². The van der Waals surface area contributed by atoms with Crippen molar-refractivity contribution in [2.75, 3.05) is 19.0 Å². The molecule has 1 aromatic carbocycles. The predicted molar refractivity (Wildman–Crippen MR) is 75.0 cm³/mol. The minimum absolute atomic E-state index is 0.0230. The van der Waals surface area contributed by atoms with Crippen LogP contribution < -0.4 is 15.4 Å². The molecule has 98 valence electrons. The Morgan fingerprint density at radius 2 is 2.28 bits per heavy atom. The van der Waals surface area contributed by atoms with Crippen LogP contribution in [0.4, 0.5) is 5.69 Å². The standard InChI is InChI=1S/C13H17BrN2O2/c1-3-4-5-18-11-7-10-8(6-9(11)14)12(15-2)13(17)16-10/h6-7,12,15H,3-5H2,1-2H3,(H,16,17). The van der Waals surface area contributed by atoms with Gasteiger partial charge in [0.05, 0.1) is 11.1 Å². The maximum atomic E-state index is 11.7. The van der Waals surface area contributed by atoms with Gasteiger partial charge >= 0.3 is 0 Å². The van der Waals surface area contributed by atoms with Crippen LogP contribution in [0.15, 0.2) is 16.6 Å². The molecule has 1 unspecified atom stereocenters. The fourth-order valence-corrected chi connectivity index (χ4v) is 2.46. The molecule has 1 amide bonds. The highest BCUT2D eigenvalue weighted by Gasteiger charge is 2.30. The van der Waals surface area contributed by atoms with Crippen LogP contribution in [0, 0.1) is 0 Å². The minimum Gasteiger partial charge on any atom is -0.492 e. The monoisotopic (exact) mass is 312 g/mol. The van der Waals surface area contributed by atoms with Crippen molar-refractivity contribution in [3.63, 3.8) is 0 Å². The number of amides is 1. The summed E-state index contributed by atoms with van der Waals surface area (Å²) >= 11 is 3.49. The van der Waals surface area contributed by atoms with Crippen LogP contribution >= 0.6 is 15.9 Å². The van der Waals surface area contributed by atoms with Crippen molar-refractivity contribution in [2.45, 2.75) is 25.8 Å². The number of hydrogen-bond acceptors (Lipinski definition) is 3. The van der Waals surface area contributed by atoms with E-state index in [-0.39, 0.29) is 11.9 Å². The maximum Gasteiger partial charge on any atom is 0.246 e. The van der Waals surface area contributed by atoms with Gasteiger partial charge in [0, 0.05) is 17.3 Å². The van der Waals surface area contributed by atoms with E-state index in [9.17, 15) is 4.79 Å². The molecule has 1 aromatic rings. The molecule has 2 rings (SSSR count). The van der Waals surface area contributed by atoms with Crippen molar-refractivity contribution >= 4 is 27.5 Å². The van der Waals surface area contributed by atoms with E-state index >= 15 is 0 Å². The number of unbranched alkanes of at least 4 members (excludes halogenated alkanes) is 1. The fraction of sp³-hybridized carbons (Fsp3) is 0.462. The van der Waals surface area contributed by atoms with Crippen molar-refractivity contribution < 1.29 is 9.53 Å². The summed E-state index contributed by atoms with van der Waals surface area (Å²) in [5.74, 6) is 0.754. The van der Waals surface area contributed by atoms with Crippen molar-refractivity contribution in [3.05, 3.63) is 22.2 Å². The van der Waals surface area contributed by atoms with Gasteiger partial charge < -0.3 is 15.4 Å². The second-order valence-corrected chi connectivity index (χ2v) is 5.14. The Bertz CT molecular complexity index is 463. The van der Waals surface area contributed by atoms with Crippen LogP contribution in [-0.2, 0) is 4.79 Å². The smallest absolute Gasteiger partial charge is 0.246 e. The summed E-state index contributed by atoms with van der Waals surface area (Å²) in [4.78, 5) is 11.7. The summed E-state index contributed by atoms with van der Waals surface area (Å²) in [5.41, 5.74) is 1.78. The van der Waals surface area contributed by atoms with E-state index in [1.54, 1.807) is 7.05 Å². The van der Waals surface area contributed by atoms with Gasteiger partial charge in [-0.05, 0) is 35.5 Å². The fourth-order valence-electron chi connectivity index (χ4n) is 1.99. The normalized spacial score (nSPS) is 17.5. The van der Waals surface area contributed by atoms with Crippen molar-refractivity contribution in [3.8, 4) is 5.75 Å². The molecule has 4 nitrogen and oxygen atoms in total. The molecule has 1 aliphatic rings. The van der Waals surface area contributed by atoms with Crippen molar-refractivity contribution in [1.82, 2.24) is 5.32 Å². The highest BCUT2D eigenvalue weighted by molar-refractivity contribution is 9.10. The zero-order valence-electron chi connectivity index (χ0n) is 10.5. The van der Waals surface area contributed by atoms with E-state index < -0.39 is 0 Å². The molecule has 1 atom stereocenters. The van der Waals surface area contributed by atoms with Gasteiger partial charge in [0.25, 0.3) is 0 Å². The number of carbonyl (C=O) groups is 1. The van der Waals surface area contributed by atoms with E-state index in [0.717, 1.165) is 34.3 Å². The summed E-state index contributed by atoms with van der Waals surface area (Å²) in [7, 11) is 1.78. The van der Waals surface area contributed by atoms with E-state index in [4.69, 9.17) is 4.74 Å². The molecule has 1 heterocycles. The number of likely N-dealkylation sites (N-methyl/N-ethyl adjacent to an activating group) is 1. The van der Waals surface area contributed by atoms with Crippen molar-refractivity contribution in [1.29, 1.82) is 0 Å². The first kappa shape index (κ1) is 13.4. The van der Waals surface area contributed by atoms with E-state index in [1.165, 1.54) is 0 Å². The van der Waals surface area contributed by atoms with Crippen LogP contribution in [0.25, 0.3) is 0 Å². The van der Waals surface area contributed by atoms with Gasteiger partial charge in [0.15, 0.2) is 0 Å². The predicted octanol–water partition coefficient (Wildman–Crippen LogP) is 2.84. The molecule has 0 aliphatic carbocycles. The lowest BCUT2D eigenvalue weighted by Crippen LogP contribution is -2.23. The van der Waals surface area contributed by atoms with Crippen LogP contribution in [-0.4, -0.2) is 19.6 Å². The average Bonchev–Trinajstić information content (AvgIpc) is 2.64. The number of fused-ring (bicyclic) bond motifs is 1. The number of ether oxygens (including phenoxy) is 1. The molecule has 0 radical (unpaired) electrons. The number of benzene rings is 1. The number of carbonyl (C=O) groups excluding carboxylic acids is 1. The van der Waals surface area contributed by atoms with Gasteiger partial charge in [-0.3, -0.25) is 4.79 Å². The van der Waals surface area contributed by atoms with Gasteiger partial charge in [-0.15, -0.1) is 0 Å². The maximum absolute atomic E-state index is 11.7. The lowest BCUT2D eigenvalue weighted by molar-refractivity contribution is -0.117. The first-order valence-electron chi connectivity index (χ1n) is 6.11. The van der Waals surface area contributed by atoms with Crippen LogP contribution in [0.2, 0.25) is 0 Å². The molecule has 0 saturated carbocycles. The van der Waals surface area contributed by atoms with Gasteiger partial charge in [-0.25, -0.2) is 0 Å². The minimum atomic E-state index is -0.277. The molecule has 0 aromatic heterocycles. The lowest BCUT2D eigenvalue weighted by atomic mass is 10.1. The average molecular weight is 313 g/mol. The number of hydrogen-bond donors (Lipinski definition) is 2. The van der Waals surface area contributed by atoms with Gasteiger partial charge in [0.2, 0.25) is 5.91 Å². The quantitative estimate of drug-likeness (QED) is 0.822. The summed E-state index contributed by atoms with van der Waals surface area (Å²) in [6, 6.07) is 3.54. The third-order valence-electron chi connectivity index (χ3n) is 2.98. The third kappa shape index (κ3) is 2.52. The highest BCUT2D eigenvalue weighted by Crippen LogP contribution is 2.38. The van der Waals surface area contributed by atoms with Gasteiger partial charge in [-0.1, -0.05) is 13.3 Å². The van der Waals surface area contributed by atoms with E-state index in [1.807, 2.05) is 12.1 Å². The zero-order valence-corrected chi connectivity index (χ0v) is 12.1. The van der Waals surface area contributed by atoms with Gasteiger partial charge in [-0.2, -0.15) is 0 Å². The summed E-state index contributed by atoms with van der Waals surface area (Å²) in [5, 5.41) is 5.85. The molecular formula is C13H17BrN2O2. The second kappa shape index (κ2) is 5.71. The molecule has 0 saturated heterocycles. The Labute approximate surface area is 115 Å². The molecule has 0 bridgehead atoms. The second-order valence-electron chi connectivity index (χ2n) is 4.28. The molecular weight excluding hydrogens is 296 g/mol. The highest BCUT2D eigenvalue weighted by atomic mass is 79.9. The molecule has 0 spiro atoms. The van der Waals surface area contributed by atoms with Crippen LogP contribution in [0.1, 0.15) is 31.4 Å². The Morgan fingerprint density at radius 3 is 2.94 bits per heavy atom.